The minimum Gasteiger partial charge on any atom is -0.359 e. The zero-order valence-electron chi connectivity index (χ0n) is 6.56. The third-order valence-electron chi connectivity index (χ3n) is 1.16. The Balaban J connectivity index is 2.84. The zero-order chi connectivity index (χ0) is 9.84. The summed E-state index contributed by atoms with van der Waals surface area (Å²) in [5, 5.41) is 8.45. The third kappa shape index (κ3) is 2.75. The summed E-state index contributed by atoms with van der Waals surface area (Å²) < 4.78 is 0. The average molecular weight is 203 g/mol. The molecule has 0 fully saturated rings. The average Bonchev–Trinajstić information content (AvgIpc) is 2.02. The number of rotatable bonds is 3. The summed E-state index contributed by atoms with van der Waals surface area (Å²) in [5.41, 5.74) is -1.25. The fourth-order valence-electron chi connectivity index (χ4n) is 0.647. The molecule has 7 heteroatoms. The van der Waals surface area contributed by atoms with Crippen molar-refractivity contribution < 1.29 is 0 Å². The first-order valence-corrected chi connectivity index (χ1v) is 3.73. The van der Waals surface area contributed by atoms with Crippen LogP contribution in [0.25, 0.3) is 0 Å². The van der Waals surface area contributed by atoms with Crippen molar-refractivity contribution in [2.24, 2.45) is 0 Å². The predicted octanol–water partition coefficient (Wildman–Crippen LogP) is -0.377. The standard InChI is InChI=1S/C6H7ClN4O2/c1-3(7)2-8-4-5(12)9-6(13)11-10-4/h1-2H2,(H,8,10)(H2,9,11,12,13). The summed E-state index contributed by atoms with van der Waals surface area (Å²) in [4.78, 5) is 23.5. The highest BCUT2D eigenvalue weighted by molar-refractivity contribution is 6.29. The second-order valence-corrected chi connectivity index (χ2v) is 2.76. The molecule has 0 spiro atoms. The number of anilines is 1. The molecule has 0 saturated carbocycles. The number of nitrogens with zero attached hydrogens (tertiary/aromatic N) is 1. The summed E-state index contributed by atoms with van der Waals surface area (Å²) >= 11 is 5.44. The molecule has 0 bridgehead atoms. The van der Waals surface area contributed by atoms with E-state index in [9.17, 15) is 9.59 Å². The lowest BCUT2D eigenvalue weighted by Crippen LogP contribution is -2.27. The van der Waals surface area contributed by atoms with Crippen LogP contribution in [0.15, 0.2) is 21.2 Å². The van der Waals surface area contributed by atoms with E-state index in [4.69, 9.17) is 11.6 Å². The molecule has 0 radical (unpaired) electrons. The molecule has 0 aliphatic rings. The van der Waals surface area contributed by atoms with Crippen molar-refractivity contribution in [2.75, 3.05) is 11.9 Å². The fraction of sp³-hybridized carbons (Fsp3) is 0.167. The van der Waals surface area contributed by atoms with Gasteiger partial charge < -0.3 is 5.32 Å². The van der Waals surface area contributed by atoms with Crippen molar-refractivity contribution in [3.05, 3.63) is 32.4 Å². The van der Waals surface area contributed by atoms with Crippen LogP contribution in [0, 0.1) is 0 Å². The Bertz CT molecular complexity index is 421. The first-order valence-electron chi connectivity index (χ1n) is 3.36. The molecule has 0 amide bonds. The quantitative estimate of drug-likeness (QED) is 0.623. The molecule has 13 heavy (non-hydrogen) atoms. The van der Waals surface area contributed by atoms with Crippen molar-refractivity contribution in [1.82, 2.24) is 15.2 Å². The van der Waals surface area contributed by atoms with Gasteiger partial charge in [0.1, 0.15) is 0 Å². The molecular weight excluding hydrogens is 196 g/mol. The van der Waals surface area contributed by atoms with Gasteiger partial charge in [-0.1, -0.05) is 18.2 Å². The van der Waals surface area contributed by atoms with Gasteiger partial charge in [0.15, 0.2) is 0 Å². The molecule has 0 unspecified atom stereocenters. The molecule has 1 aromatic heterocycles. The molecule has 6 nitrogen and oxygen atoms in total. The SMILES string of the molecule is C=C(Cl)CNc1n[nH]c(=O)[nH]c1=O. The number of aromatic amines is 2. The minimum absolute atomic E-state index is 0.00130. The molecule has 3 N–H and O–H groups in total. The molecule has 70 valence electrons. The molecule has 0 aliphatic heterocycles. The molecule has 0 aliphatic carbocycles. The summed E-state index contributed by atoms with van der Waals surface area (Å²) in [7, 11) is 0. The van der Waals surface area contributed by atoms with E-state index < -0.39 is 11.2 Å². The summed E-state index contributed by atoms with van der Waals surface area (Å²) in [6.07, 6.45) is 0. The van der Waals surface area contributed by atoms with Crippen LogP contribution in [0.4, 0.5) is 5.82 Å². The lowest BCUT2D eigenvalue weighted by Gasteiger charge is -2.00. The molecule has 1 heterocycles. The number of hydrogen-bond donors (Lipinski definition) is 3. The Kier molecular flexibility index (Phi) is 2.86. The van der Waals surface area contributed by atoms with Gasteiger partial charge in [-0.25, -0.2) is 9.89 Å². The van der Waals surface area contributed by atoms with Crippen molar-refractivity contribution in [3.8, 4) is 0 Å². The third-order valence-corrected chi connectivity index (χ3v) is 1.29. The van der Waals surface area contributed by atoms with E-state index in [2.05, 4.69) is 22.1 Å². The van der Waals surface area contributed by atoms with Crippen molar-refractivity contribution in [3.63, 3.8) is 0 Å². The van der Waals surface area contributed by atoms with Gasteiger partial charge in [0, 0.05) is 5.03 Å². The number of aromatic nitrogens is 3. The van der Waals surface area contributed by atoms with E-state index in [0.717, 1.165) is 0 Å². The highest BCUT2D eigenvalue weighted by Gasteiger charge is 2.00. The maximum Gasteiger partial charge on any atom is 0.342 e. The van der Waals surface area contributed by atoms with E-state index in [-0.39, 0.29) is 12.4 Å². The van der Waals surface area contributed by atoms with E-state index in [0.29, 0.717) is 5.03 Å². The van der Waals surface area contributed by atoms with Crippen molar-refractivity contribution in [1.29, 1.82) is 0 Å². The number of H-pyrrole nitrogens is 2. The van der Waals surface area contributed by atoms with Crippen LogP contribution in [0.5, 0.6) is 0 Å². The smallest absolute Gasteiger partial charge is 0.342 e. The number of hydrogen-bond acceptors (Lipinski definition) is 4. The van der Waals surface area contributed by atoms with Gasteiger partial charge in [-0.05, 0) is 0 Å². The molecule has 1 aromatic rings. The largest absolute Gasteiger partial charge is 0.359 e. The van der Waals surface area contributed by atoms with Gasteiger partial charge >= 0.3 is 5.69 Å². The normalized spacial score (nSPS) is 9.62. The second kappa shape index (κ2) is 3.90. The van der Waals surface area contributed by atoms with Crippen LogP contribution in [-0.2, 0) is 0 Å². The maximum absolute atomic E-state index is 11.0. The van der Waals surface area contributed by atoms with Gasteiger partial charge in [-0.3, -0.25) is 9.78 Å². The van der Waals surface area contributed by atoms with Crippen LogP contribution in [0.1, 0.15) is 0 Å². The minimum atomic E-state index is -0.653. The van der Waals surface area contributed by atoms with Gasteiger partial charge in [0.25, 0.3) is 5.56 Å². The van der Waals surface area contributed by atoms with Crippen LogP contribution < -0.4 is 16.6 Å². The van der Waals surface area contributed by atoms with E-state index >= 15 is 0 Å². The number of nitrogens with one attached hydrogen (secondary N) is 3. The second-order valence-electron chi connectivity index (χ2n) is 2.23. The Morgan fingerprint density at radius 2 is 2.31 bits per heavy atom. The number of halogens is 1. The van der Waals surface area contributed by atoms with Gasteiger partial charge in [-0.15, -0.1) is 5.10 Å². The summed E-state index contributed by atoms with van der Waals surface area (Å²) in [6, 6.07) is 0. The van der Waals surface area contributed by atoms with Crippen molar-refractivity contribution in [2.45, 2.75) is 0 Å². The zero-order valence-corrected chi connectivity index (χ0v) is 7.31. The highest BCUT2D eigenvalue weighted by atomic mass is 35.5. The molecule has 0 aromatic carbocycles. The fourth-order valence-corrected chi connectivity index (χ4v) is 0.714. The predicted molar refractivity (Wildman–Crippen MR) is 49.0 cm³/mol. The van der Waals surface area contributed by atoms with Crippen molar-refractivity contribution >= 4 is 17.4 Å². The van der Waals surface area contributed by atoms with Crippen LogP contribution in [-0.4, -0.2) is 21.7 Å². The molecule has 1 rings (SSSR count). The van der Waals surface area contributed by atoms with Crippen LogP contribution >= 0.6 is 11.6 Å². The Labute approximate surface area is 77.6 Å². The van der Waals surface area contributed by atoms with Gasteiger partial charge in [-0.2, -0.15) is 0 Å². The Morgan fingerprint density at radius 1 is 1.62 bits per heavy atom. The van der Waals surface area contributed by atoms with Gasteiger partial charge in [0.2, 0.25) is 5.82 Å². The molecule has 0 atom stereocenters. The van der Waals surface area contributed by atoms with E-state index in [1.807, 2.05) is 4.98 Å². The first-order chi connectivity index (χ1) is 6.09. The summed E-state index contributed by atoms with van der Waals surface area (Å²) in [6.45, 7) is 3.62. The lowest BCUT2D eigenvalue weighted by molar-refractivity contribution is 0.890. The molecular formula is C6H7ClN4O2. The first kappa shape index (κ1) is 9.53. The lowest BCUT2D eigenvalue weighted by atomic mass is 10.6. The van der Waals surface area contributed by atoms with Crippen LogP contribution in [0.3, 0.4) is 0 Å². The highest BCUT2D eigenvalue weighted by Crippen LogP contribution is 1.96. The topological polar surface area (TPSA) is 90.6 Å². The van der Waals surface area contributed by atoms with E-state index in [1.54, 1.807) is 0 Å². The summed E-state index contributed by atoms with van der Waals surface area (Å²) in [5.74, 6) is 0.00130. The Hall–Kier alpha value is -1.56. The monoisotopic (exact) mass is 202 g/mol. The molecule has 0 saturated heterocycles. The Morgan fingerprint density at radius 3 is 2.85 bits per heavy atom. The maximum atomic E-state index is 11.0. The van der Waals surface area contributed by atoms with Gasteiger partial charge in [0.05, 0.1) is 6.54 Å². The van der Waals surface area contributed by atoms with Crippen LogP contribution in [0.2, 0.25) is 0 Å². The van der Waals surface area contributed by atoms with E-state index in [1.165, 1.54) is 0 Å².